The molecule has 2 nitrogen and oxygen atoms in total. The summed E-state index contributed by atoms with van der Waals surface area (Å²) >= 11 is 5.19. The van der Waals surface area contributed by atoms with Gasteiger partial charge in [-0.05, 0) is 34.1 Å². The van der Waals surface area contributed by atoms with Crippen molar-refractivity contribution in [3.8, 4) is 0 Å². The van der Waals surface area contributed by atoms with Gasteiger partial charge in [0.2, 0.25) is 0 Å². The first kappa shape index (κ1) is 11.9. The van der Waals surface area contributed by atoms with Crippen molar-refractivity contribution in [2.24, 2.45) is 0 Å². The second-order valence-electron chi connectivity index (χ2n) is 2.57. The summed E-state index contributed by atoms with van der Waals surface area (Å²) in [5.41, 5.74) is 0.461. The van der Waals surface area contributed by atoms with E-state index in [0.29, 0.717) is 16.6 Å². The van der Waals surface area contributed by atoms with Crippen LogP contribution >= 0.6 is 38.5 Å². The standard InChI is InChI=1S/C9H8BrFINO/c10-7-5-6(1-2-8(7)11)9(14)13-4-3-12/h1-2,5H,3-4H2,(H,13,14). The van der Waals surface area contributed by atoms with Gasteiger partial charge < -0.3 is 5.32 Å². The number of rotatable bonds is 3. The van der Waals surface area contributed by atoms with Gasteiger partial charge in [0, 0.05) is 16.5 Å². The number of halogens is 3. The lowest BCUT2D eigenvalue weighted by Crippen LogP contribution is -2.25. The molecule has 14 heavy (non-hydrogen) atoms. The maximum atomic E-state index is 12.8. The van der Waals surface area contributed by atoms with E-state index in [1.54, 1.807) is 0 Å². The Morgan fingerprint density at radius 3 is 2.86 bits per heavy atom. The van der Waals surface area contributed by atoms with Crippen molar-refractivity contribution in [1.82, 2.24) is 5.32 Å². The molecular weight excluding hydrogens is 364 g/mol. The highest BCUT2D eigenvalue weighted by Crippen LogP contribution is 2.16. The molecule has 0 aromatic heterocycles. The lowest BCUT2D eigenvalue weighted by molar-refractivity contribution is 0.0956. The van der Waals surface area contributed by atoms with Crippen molar-refractivity contribution in [1.29, 1.82) is 0 Å². The zero-order valence-corrected chi connectivity index (χ0v) is 10.9. The Balaban J connectivity index is 2.76. The first-order chi connectivity index (χ1) is 6.65. The molecule has 0 unspecified atom stereocenters. The van der Waals surface area contributed by atoms with Crippen LogP contribution in [0.4, 0.5) is 4.39 Å². The predicted octanol–water partition coefficient (Wildman–Crippen LogP) is 2.75. The summed E-state index contributed by atoms with van der Waals surface area (Å²) in [6.45, 7) is 0.619. The third-order valence-corrected chi connectivity index (χ3v) is 2.71. The maximum absolute atomic E-state index is 12.8. The first-order valence-corrected chi connectivity index (χ1v) is 6.26. The predicted molar refractivity (Wildman–Crippen MR) is 65.3 cm³/mol. The summed E-state index contributed by atoms with van der Waals surface area (Å²) in [7, 11) is 0. The van der Waals surface area contributed by atoms with Crippen LogP contribution in [0.1, 0.15) is 10.4 Å². The number of carbonyl (C=O) groups excluding carboxylic acids is 1. The Labute approximate surface area is 104 Å². The van der Waals surface area contributed by atoms with Gasteiger partial charge in [0.1, 0.15) is 5.82 Å². The zero-order valence-electron chi connectivity index (χ0n) is 7.19. The van der Waals surface area contributed by atoms with Crippen LogP contribution in [0.15, 0.2) is 22.7 Å². The topological polar surface area (TPSA) is 29.1 Å². The van der Waals surface area contributed by atoms with Gasteiger partial charge in [-0.1, -0.05) is 22.6 Å². The maximum Gasteiger partial charge on any atom is 0.251 e. The molecule has 1 N–H and O–H groups in total. The Morgan fingerprint density at radius 1 is 1.57 bits per heavy atom. The summed E-state index contributed by atoms with van der Waals surface area (Å²) in [6.07, 6.45) is 0. The van der Waals surface area contributed by atoms with Gasteiger partial charge in [-0.15, -0.1) is 0 Å². The number of amides is 1. The smallest absolute Gasteiger partial charge is 0.251 e. The zero-order chi connectivity index (χ0) is 10.6. The molecule has 0 aliphatic carbocycles. The van der Waals surface area contributed by atoms with Crippen LogP contribution in [0.2, 0.25) is 0 Å². The second kappa shape index (κ2) is 5.65. The number of hydrogen-bond donors (Lipinski definition) is 1. The molecule has 0 aliphatic heterocycles. The van der Waals surface area contributed by atoms with Crippen LogP contribution in [0, 0.1) is 5.82 Å². The third-order valence-electron chi connectivity index (χ3n) is 1.56. The van der Waals surface area contributed by atoms with E-state index in [0.717, 1.165) is 4.43 Å². The molecule has 0 saturated heterocycles. The highest BCUT2D eigenvalue weighted by atomic mass is 127. The Hall–Kier alpha value is -0.170. The lowest BCUT2D eigenvalue weighted by Gasteiger charge is -2.03. The second-order valence-corrected chi connectivity index (χ2v) is 4.51. The van der Waals surface area contributed by atoms with Crippen molar-refractivity contribution in [3.63, 3.8) is 0 Å². The van der Waals surface area contributed by atoms with Crippen LogP contribution in [-0.2, 0) is 0 Å². The van der Waals surface area contributed by atoms with Crippen LogP contribution in [-0.4, -0.2) is 16.9 Å². The number of hydrogen-bond acceptors (Lipinski definition) is 1. The van der Waals surface area contributed by atoms with Crippen molar-refractivity contribution in [2.75, 3.05) is 11.0 Å². The summed E-state index contributed by atoms with van der Waals surface area (Å²) in [5, 5.41) is 2.71. The fourth-order valence-electron chi connectivity index (χ4n) is 0.900. The number of benzene rings is 1. The van der Waals surface area contributed by atoms with E-state index in [1.165, 1.54) is 18.2 Å². The van der Waals surface area contributed by atoms with Crippen molar-refractivity contribution in [3.05, 3.63) is 34.1 Å². The molecule has 1 rings (SSSR count). The van der Waals surface area contributed by atoms with Crippen molar-refractivity contribution >= 4 is 44.4 Å². The minimum absolute atomic E-state index is 0.178. The lowest BCUT2D eigenvalue weighted by atomic mass is 10.2. The molecule has 5 heteroatoms. The molecule has 0 aliphatic rings. The quantitative estimate of drug-likeness (QED) is 0.642. The van der Waals surface area contributed by atoms with E-state index in [1.807, 2.05) is 0 Å². The number of carbonyl (C=O) groups is 1. The number of alkyl halides is 1. The normalized spacial score (nSPS) is 9.93. The first-order valence-electron chi connectivity index (χ1n) is 3.94. The van der Waals surface area contributed by atoms with Crippen molar-refractivity contribution in [2.45, 2.75) is 0 Å². The third kappa shape index (κ3) is 3.20. The summed E-state index contributed by atoms with van der Waals surface area (Å²) in [5.74, 6) is -0.544. The molecule has 1 amide bonds. The summed E-state index contributed by atoms with van der Waals surface area (Å²) in [4.78, 5) is 11.4. The van der Waals surface area contributed by atoms with E-state index >= 15 is 0 Å². The highest BCUT2D eigenvalue weighted by Gasteiger charge is 2.07. The van der Waals surface area contributed by atoms with Crippen LogP contribution in [0.5, 0.6) is 0 Å². The van der Waals surface area contributed by atoms with Gasteiger partial charge in [-0.2, -0.15) is 0 Å². The van der Waals surface area contributed by atoms with Gasteiger partial charge in [0.05, 0.1) is 4.47 Å². The highest BCUT2D eigenvalue weighted by molar-refractivity contribution is 14.1. The van der Waals surface area contributed by atoms with Crippen LogP contribution in [0.3, 0.4) is 0 Å². The van der Waals surface area contributed by atoms with Gasteiger partial charge in [0.15, 0.2) is 0 Å². The van der Waals surface area contributed by atoms with Crippen LogP contribution < -0.4 is 5.32 Å². The molecule has 0 saturated carbocycles. The molecular formula is C9H8BrFINO. The molecule has 0 spiro atoms. The fourth-order valence-corrected chi connectivity index (χ4v) is 1.55. The molecule has 0 bridgehead atoms. The van der Waals surface area contributed by atoms with Gasteiger partial charge in [-0.25, -0.2) is 4.39 Å². The van der Waals surface area contributed by atoms with Gasteiger partial charge >= 0.3 is 0 Å². The van der Waals surface area contributed by atoms with Gasteiger partial charge in [-0.3, -0.25) is 4.79 Å². The van der Waals surface area contributed by atoms with E-state index < -0.39 is 0 Å². The molecule has 0 atom stereocenters. The monoisotopic (exact) mass is 371 g/mol. The Bertz CT molecular complexity index is 346. The summed E-state index contributed by atoms with van der Waals surface area (Å²) in [6, 6.07) is 4.20. The van der Waals surface area contributed by atoms with Gasteiger partial charge in [0.25, 0.3) is 5.91 Å². The minimum atomic E-state index is -0.365. The fraction of sp³-hybridized carbons (Fsp3) is 0.222. The summed E-state index contributed by atoms with van der Waals surface area (Å²) < 4.78 is 14.0. The average Bonchev–Trinajstić information content (AvgIpc) is 2.18. The Kier molecular flexibility index (Phi) is 4.80. The van der Waals surface area contributed by atoms with E-state index in [-0.39, 0.29) is 11.7 Å². The molecule has 1 aromatic rings. The number of nitrogens with one attached hydrogen (secondary N) is 1. The largest absolute Gasteiger partial charge is 0.351 e. The van der Waals surface area contributed by atoms with E-state index in [4.69, 9.17) is 0 Å². The van der Waals surface area contributed by atoms with E-state index in [2.05, 4.69) is 43.8 Å². The molecule has 0 radical (unpaired) electrons. The molecule has 0 fully saturated rings. The molecule has 1 aromatic carbocycles. The Morgan fingerprint density at radius 2 is 2.29 bits per heavy atom. The SMILES string of the molecule is O=C(NCCI)c1ccc(F)c(Br)c1. The molecule has 0 heterocycles. The van der Waals surface area contributed by atoms with Crippen molar-refractivity contribution < 1.29 is 9.18 Å². The minimum Gasteiger partial charge on any atom is -0.351 e. The van der Waals surface area contributed by atoms with E-state index in [9.17, 15) is 9.18 Å². The average molecular weight is 372 g/mol. The van der Waals surface area contributed by atoms with Crippen LogP contribution in [0.25, 0.3) is 0 Å². The molecule has 76 valence electrons.